The van der Waals surface area contributed by atoms with Gasteiger partial charge in [-0.05, 0) is 37.1 Å². The SMILES string of the molecule is Cc1cc(OCC(=O)N2CCC(C(=O)Nc3ccccc3)CC2)no1. The zero-order chi connectivity index (χ0) is 17.6. The predicted molar refractivity (Wildman–Crippen MR) is 91.1 cm³/mol. The molecule has 2 heterocycles. The highest BCUT2D eigenvalue weighted by molar-refractivity contribution is 5.92. The summed E-state index contributed by atoms with van der Waals surface area (Å²) in [5, 5.41) is 6.61. The first kappa shape index (κ1) is 17.0. The van der Waals surface area contributed by atoms with Crippen molar-refractivity contribution in [2.45, 2.75) is 19.8 Å². The molecule has 0 bridgehead atoms. The van der Waals surface area contributed by atoms with E-state index in [1.165, 1.54) is 0 Å². The molecule has 1 aromatic carbocycles. The largest absolute Gasteiger partial charge is 0.465 e. The lowest BCUT2D eigenvalue weighted by atomic mass is 9.95. The molecule has 25 heavy (non-hydrogen) atoms. The van der Waals surface area contributed by atoms with Crippen molar-refractivity contribution in [3.63, 3.8) is 0 Å². The molecule has 0 spiro atoms. The van der Waals surface area contributed by atoms with Crippen molar-refractivity contribution in [1.82, 2.24) is 10.1 Å². The Balaban J connectivity index is 1.43. The van der Waals surface area contributed by atoms with Gasteiger partial charge in [-0.1, -0.05) is 18.2 Å². The Hall–Kier alpha value is -2.83. The normalized spacial score (nSPS) is 15.0. The fourth-order valence-corrected chi connectivity index (χ4v) is 2.80. The van der Waals surface area contributed by atoms with Crippen LogP contribution < -0.4 is 10.1 Å². The molecule has 3 rings (SSSR count). The smallest absolute Gasteiger partial charge is 0.260 e. The molecule has 1 aliphatic heterocycles. The summed E-state index contributed by atoms with van der Waals surface area (Å²) >= 11 is 0. The summed E-state index contributed by atoms with van der Waals surface area (Å²) in [6, 6.07) is 11.0. The molecule has 1 saturated heterocycles. The van der Waals surface area contributed by atoms with E-state index in [1.54, 1.807) is 17.9 Å². The summed E-state index contributed by atoms with van der Waals surface area (Å²) in [5.74, 6) is 0.759. The van der Waals surface area contributed by atoms with Crippen LogP contribution in [0.1, 0.15) is 18.6 Å². The Bertz CT molecular complexity index is 721. The van der Waals surface area contributed by atoms with Crippen molar-refractivity contribution in [2.75, 3.05) is 25.0 Å². The van der Waals surface area contributed by atoms with Crippen LogP contribution in [0.4, 0.5) is 5.69 Å². The molecule has 7 heteroatoms. The Morgan fingerprint density at radius 2 is 2.00 bits per heavy atom. The molecular weight excluding hydrogens is 322 g/mol. The van der Waals surface area contributed by atoms with Gasteiger partial charge < -0.3 is 19.5 Å². The van der Waals surface area contributed by atoms with Crippen LogP contribution in [0.3, 0.4) is 0 Å². The summed E-state index contributed by atoms with van der Waals surface area (Å²) in [7, 11) is 0. The number of ether oxygens (including phenoxy) is 1. The van der Waals surface area contributed by atoms with Crippen molar-refractivity contribution in [3.05, 3.63) is 42.2 Å². The molecule has 1 N–H and O–H groups in total. The number of rotatable bonds is 5. The van der Waals surface area contributed by atoms with E-state index in [4.69, 9.17) is 9.26 Å². The minimum Gasteiger partial charge on any atom is -0.465 e. The summed E-state index contributed by atoms with van der Waals surface area (Å²) in [5.41, 5.74) is 0.794. The van der Waals surface area contributed by atoms with E-state index in [9.17, 15) is 9.59 Å². The van der Waals surface area contributed by atoms with Crippen molar-refractivity contribution >= 4 is 17.5 Å². The third-order valence-electron chi connectivity index (χ3n) is 4.21. The maximum absolute atomic E-state index is 12.3. The number of aryl methyl sites for hydroxylation is 1. The van der Waals surface area contributed by atoms with Crippen LogP contribution >= 0.6 is 0 Å². The molecule has 0 aliphatic carbocycles. The quantitative estimate of drug-likeness (QED) is 0.900. The van der Waals surface area contributed by atoms with Crippen LogP contribution in [-0.4, -0.2) is 41.6 Å². The van der Waals surface area contributed by atoms with Crippen LogP contribution in [-0.2, 0) is 9.59 Å². The summed E-state index contributed by atoms with van der Waals surface area (Å²) in [6.07, 6.45) is 1.29. The van der Waals surface area contributed by atoms with Gasteiger partial charge >= 0.3 is 0 Å². The van der Waals surface area contributed by atoms with Gasteiger partial charge in [0.05, 0.1) is 0 Å². The molecule has 0 atom stereocenters. The topological polar surface area (TPSA) is 84.7 Å². The number of aromatic nitrogens is 1. The Kier molecular flexibility index (Phi) is 5.33. The van der Waals surface area contributed by atoms with Gasteiger partial charge in [0, 0.05) is 30.8 Å². The number of likely N-dealkylation sites (tertiary alicyclic amines) is 1. The van der Waals surface area contributed by atoms with Gasteiger partial charge in [0.1, 0.15) is 5.76 Å². The van der Waals surface area contributed by atoms with Gasteiger partial charge in [-0.25, -0.2) is 0 Å². The number of para-hydroxylation sites is 1. The number of hydrogen-bond acceptors (Lipinski definition) is 5. The predicted octanol–water partition coefficient (Wildman–Crippen LogP) is 2.24. The number of piperidine rings is 1. The van der Waals surface area contributed by atoms with E-state index in [-0.39, 0.29) is 24.3 Å². The molecule has 7 nitrogen and oxygen atoms in total. The number of benzene rings is 1. The second kappa shape index (κ2) is 7.83. The fourth-order valence-electron chi connectivity index (χ4n) is 2.80. The summed E-state index contributed by atoms with van der Waals surface area (Å²) in [6.45, 7) is 2.78. The summed E-state index contributed by atoms with van der Waals surface area (Å²) in [4.78, 5) is 26.2. The maximum Gasteiger partial charge on any atom is 0.260 e. The highest BCUT2D eigenvalue weighted by Gasteiger charge is 2.27. The molecular formula is C18H21N3O4. The van der Waals surface area contributed by atoms with E-state index in [2.05, 4.69) is 10.5 Å². The average molecular weight is 343 g/mol. The molecule has 2 amide bonds. The second-order valence-corrected chi connectivity index (χ2v) is 6.07. The van der Waals surface area contributed by atoms with Crippen LogP contribution in [0.25, 0.3) is 0 Å². The molecule has 0 unspecified atom stereocenters. The van der Waals surface area contributed by atoms with Crippen molar-refractivity contribution in [2.24, 2.45) is 5.92 Å². The number of anilines is 1. The van der Waals surface area contributed by atoms with Gasteiger partial charge in [-0.2, -0.15) is 0 Å². The highest BCUT2D eigenvalue weighted by Crippen LogP contribution is 2.20. The monoisotopic (exact) mass is 343 g/mol. The van der Waals surface area contributed by atoms with Gasteiger partial charge in [-0.15, -0.1) is 0 Å². The minimum atomic E-state index is -0.109. The lowest BCUT2D eigenvalue weighted by Crippen LogP contribution is -2.43. The first-order valence-electron chi connectivity index (χ1n) is 8.31. The lowest BCUT2D eigenvalue weighted by Gasteiger charge is -2.31. The third-order valence-corrected chi connectivity index (χ3v) is 4.21. The van der Waals surface area contributed by atoms with Crippen molar-refractivity contribution in [1.29, 1.82) is 0 Å². The fraction of sp³-hybridized carbons (Fsp3) is 0.389. The van der Waals surface area contributed by atoms with Crippen molar-refractivity contribution < 1.29 is 18.8 Å². The minimum absolute atomic E-state index is 0.00706. The van der Waals surface area contributed by atoms with E-state index in [1.807, 2.05) is 30.3 Å². The summed E-state index contributed by atoms with van der Waals surface area (Å²) < 4.78 is 10.2. The number of hydrogen-bond donors (Lipinski definition) is 1. The van der Waals surface area contributed by atoms with E-state index in [0.717, 1.165) is 5.69 Å². The number of carbonyl (C=O) groups is 2. The lowest BCUT2D eigenvalue weighted by molar-refractivity contribution is -0.136. The molecule has 1 aromatic heterocycles. The molecule has 1 fully saturated rings. The van der Waals surface area contributed by atoms with Gasteiger partial charge in [0.15, 0.2) is 6.61 Å². The molecule has 2 aromatic rings. The van der Waals surface area contributed by atoms with E-state index in [0.29, 0.717) is 37.6 Å². The number of nitrogens with one attached hydrogen (secondary N) is 1. The Labute approximate surface area is 145 Å². The number of carbonyl (C=O) groups excluding carboxylic acids is 2. The van der Waals surface area contributed by atoms with Gasteiger partial charge in [-0.3, -0.25) is 9.59 Å². The van der Waals surface area contributed by atoms with Gasteiger partial charge in [0.2, 0.25) is 5.91 Å². The van der Waals surface area contributed by atoms with Gasteiger partial charge in [0.25, 0.3) is 11.8 Å². The molecule has 0 radical (unpaired) electrons. The zero-order valence-corrected chi connectivity index (χ0v) is 14.1. The van der Waals surface area contributed by atoms with E-state index >= 15 is 0 Å². The Morgan fingerprint density at radius 3 is 2.64 bits per heavy atom. The van der Waals surface area contributed by atoms with E-state index < -0.39 is 0 Å². The number of nitrogens with zero attached hydrogens (tertiary/aromatic N) is 2. The molecule has 0 saturated carbocycles. The first-order chi connectivity index (χ1) is 12.1. The average Bonchev–Trinajstić information content (AvgIpc) is 3.06. The second-order valence-electron chi connectivity index (χ2n) is 6.07. The number of amides is 2. The van der Waals surface area contributed by atoms with Crippen LogP contribution in [0.2, 0.25) is 0 Å². The zero-order valence-electron chi connectivity index (χ0n) is 14.1. The standard InChI is InChI=1S/C18H21N3O4/c1-13-11-16(20-25-13)24-12-17(22)21-9-7-14(8-10-21)18(23)19-15-5-3-2-4-6-15/h2-6,11,14H,7-10,12H2,1H3,(H,19,23). The van der Waals surface area contributed by atoms with Crippen LogP contribution in [0, 0.1) is 12.8 Å². The molecule has 1 aliphatic rings. The first-order valence-corrected chi connectivity index (χ1v) is 8.31. The van der Waals surface area contributed by atoms with Crippen LogP contribution in [0.5, 0.6) is 5.88 Å². The Morgan fingerprint density at radius 1 is 1.28 bits per heavy atom. The maximum atomic E-state index is 12.3. The molecule has 132 valence electrons. The third kappa shape index (κ3) is 4.59. The highest BCUT2D eigenvalue weighted by atomic mass is 16.5. The van der Waals surface area contributed by atoms with Crippen LogP contribution in [0.15, 0.2) is 40.9 Å². The van der Waals surface area contributed by atoms with Crippen molar-refractivity contribution in [3.8, 4) is 5.88 Å².